The van der Waals surface area contributed by atoms with Gasteiger partial charge in [0.1, 0.15) is 23.9 Å². The molecule has 39 heavy (non-hydrogen) atoms. The number of likely N-dealkylation sites (tertiary alicyclic amines) is 1. The molecule has 3 N–H and O–H groups in total. The van der Waals surface area contributed by atoms with E-state index < -0.39 is 20.1 Å². The number of fused-ring (bicyclic) bond motifs is 1. The standard InChI is InChI=1S/C28H41F2N5O3Si/c1-5-6-13-38-27-32-23-22(17-35(24(23)26(31)33-27)19-37-14-15-39(2,3)4)25(36)21-9-7-20(8-10-21)16-34-12-11-28(29,30)18-34/h7-10,17,25,36H,5-6,11-16,18-19H2,1-4H3,(H2,31,32,33). The lowest BCUT2D eigenvalue weighted by molar-refractivity contribution is 0.0115. The van der Waals surface area contributed by atoms with Gasteiger partial charge in [-0.3, -0.25) is 4.90 Å². The molecule has 1 atom stereocenters. The maximum absolute atomic E-state index is 13.6. The van der Waals surface area contributed by atoms with Crippen molar-refractivity contribution in [3.05, 3.63) is 47.2 Å². The molecule has 1 saturated heterocycles. The molecule has 0 bridgehead atoms. The van der Waals surface area contributed by atoms with Crippen molar-refractivity contribution in [3.8, 4) is 6.01 Å². The fourth-order valence-electron chi connectivity index (χ4n) is 4.63. The van der Waals surface area contributed by atoms with Gasteiger partial charge < -0.3 is 24.9 Å². The highest BCUT2D eigenvalue weighted by molar-refractivity contribution is 6.76. The summed E-state index contributed by atoms with van der Waals surface area (Å²) in [5.41, 5.74) is 9.61. The maximum atomic E-state index is 13.6. The second kappa shape index (κ2) is 12.3. The van der Waals surface area contributed by atoms with E-state index in [0.29, 0.717) is 48.5 Å². The monoisotopic (exact) mass is 561 g/mol. The molecular formula is C28H41F2N5O3Si. The number of nitrogen functional groups attached to an aromatic ring is 1. The Balaban J connectivity index is 1.58. The minimum atomic E-state index is -2.62. The number of unbranched alkanes of at least 4 members (excludes halogenated alkanes) is 1. The van der Waals surface area contributed by atoms with E-state index in [1.165, 1.54) is 0 Å². The summed E-state index contributed by atoms with van der Waals surface area (Å²) >= 11 is 0. The first kappa shape index (κ1) is 29.4. The van der Waals surface area contributed by atoms with Gasteiger partial charge in [0.2, 0.25) is 0 Å². The van der Waals surface area contributed by atoms with E-state index in [2.05, 4.69) is 36.5 Å². The Morgan fingerprint density at radius 1 is 1.15 bits per heavy atom. The molecule has 1 aromatic carbocycles. The van der Waals surface area contributed by atoms with E-state index in [1.807, 2.05) is 35.0 Å². The van der Waals surface area contributed by atoms with Crippen LogP contribution in [-0.2, 0) is 18.0 Å². The molecule has 4 rings (SSSR count). The Hall–Kier alpha value is -2.60. The number of hydrogen-bond acceptors (Lipinski definition) is 7. The molecule has 1 fully saturated rings. The second-order valence-corrected chi connectivity index (χ2v) is 17.3. The number of rotatable bonds is 13. The quantitative estimate of drug-likeness (QED) is 0.212. The van der Waals surface area contributed by atoms with Crippen LogP contribution in [0.4, 0.5) is 14.6 Å². The van der Waals surface area contributed by atoms with Crippen LogP contribution < -0.4 is 10.5 Å². The van der Waals surface area contributed by atoms with Crippen LogP contribution in [0.2, 0.25) is 25.7 Å². The number of anilines is 1. The third-order valence-corrected chi connectivity index (χ3v) is 8.65. The largest absolute Gasteiger partial charge is 0.463 e. The van der Waals surface area contributed by atoms with Gasteiger partial charge in [0.15, 0.2) is 5.82 Å². The molecule has 11 heteroatoms. The summed E-state index contributed by atoms with van der Waals surface area (Å²) < 4.78 is 40.7. The second-order valence-electron chi connectivity index (χ2n) is 11.7. The smallest absolute Gasteiger partial charge is 0.319 e. The molecule has 3 aromatic rings. The number of halogens is 2. The predicted octanol–water partition coefficient (Wildman–Crippen LogP) is 5.43. The third kappa shape index (κ3) is 7.74. The zero-order chi connectivity index (χ0) is 28.2. The van der Waals surface area contributed by atoms with Crippen molar-refractivity contribution in [3.63, 3.8) is 0 Å². The van der Waals surface area contributed by atoms with Gasteiger partial charge >= 0.3 is 6.01 Å². The molecule has 3 heterocycles. The molecule has 0 aliphatic carbocycles. The van der Waals surface area contributed by atoms with Gasteiger partial charge in [0.05, 0.1) is 13.2 Å². The SMILES string of the molecule is CCCCOc1nc(N)c2c(n1)c(C(O)c1ccc(CN3CCC(F)(F)C3)cc1)cn2COCC[Si](C)(C)C. The lowest BCUT2D eigenvalue weighted by Crippen LogP contribution is -2.24. The first-order valence-electron chi connectivity index (χ1n) is 13.7. The number of aromatic nitrogens is 3. The number of aliphatic hydroxyl groups excluding tert-OH is 1. The van der Waals surface area contributed by atoms with Crippen molar-refractivity contribution in [2.75, 3.05) is 32.0 Å². The number of benzene rings is 1. The van der Waals surface area contributed by atoms with Crippen LogP contribution in [0.15, 0.2) is 30.5 Å². The Morgan fingerprint density at radius 2 is 1.90 bits per heavy atom. The van der Waals surface area contributed by atoms with Gasteiger partial charge in [0, 0.05) is 46.0 Å². The number of nitrogens with zero attached hydrogens (tertiary/aromatic N) is 4. The summed E-state index contributed by atoms with van der Waals surface area (Å²) in [7, 11) is -1.24. The van der Waals surface area contributed by atoms with Gasteiger partial charge in [-0.2, -0.15) is 9.97 Å². The van der Waals surface area contributed by atoms with Gasteiger partial charge in [-0.1, -0.05) is 57.3 Å². The lowest BCUT2D eigenvalue weighted by Gasteiger charge is -2.16. The Labute approximate surface area is 230 Å². The van der Waals surface area contributed by atoms with E-state index in [1.54, 1.807) is 4.90 Å². The summed E-state index contributed by atoms with van der Waals surface area (Å²) in [6.45, 7) is 10.9. The molecule has 0 spiro atoms. The summed E-state index contributed by atoms with van der Waals surface area (Å²) in [5, 5.41) is 11.4. The third-order valence-electron chi connectivity index (χ3n) is 6.95. The Bertz CT molecular complexity index is 1250. The van der Waals surface area contributed by atoms with Crippen LogP contribution in [0, 0.1) is 0 Å². The van der Waals surface area contributed by atoms with E-state index in [9.17, 15) is 13.9 Å². The van der Waals surface area contributed by atoms with Crippen molar-refractivity contribution in [2.24, 2.45) is 0 Å². The van der Waals surface area contributed by atoms with Gasteiger partial charge in [0.25, 0.3) is 5.92 Å². The van der Waals surface area contributed by atoms with Crippen molar-refractivity contribution >= 4 is 24.9 Å². The topological polar surface area (TPSA) is 98.7 Å². The van der Waals surface area contributed by atoms with Crippen molar-refractivity contribution in [2.45, 2.75) is 77.2 Å². The summed E-state index contributed by atoms with van der Waals surface area (Å²) in [6, 6.07) is 8.60. The normalized spacial score (nSPS) is 16.7. The Kier molecular flexibility index (Phi) is 9.25. The first-order chi connectivity index (χ1) is 18.5. The first-order valence-corrected chi connectivity index (χ1v) is 17.4. The summed E-state index contributed by atoms with van der Waals surface area (Å²) in [4.78, 5) is 10.7. The van der Waals surface area contributed by atoms with Crippen molar-refractivity contribution in [1.82, 2.24) is 19.4 Å². The number of hydrogen-bond donors (Lipinski definition) is 2. The fourth-order valence-corrected chi connectivity index (χ4v) is 5.39. The number of aliphatic hydroxyl groups is 1. The lowest BCUT2D eigenvalue weighted by atomic mass is 10.0. The number of nitrogens with two attached hydrogens (primary N) is 1. The predicted molar refractivity (Wildman–Crippen MR) is 152 cm³/mol. The number of ether oxygens (including phenoxy) is 2. The fraction of sp³-hybridized carbons (Fsp3) is 0.571. The molecule has 0 amide bonds. The average molecular weight is 562 g/mol. The molecule has 0 radical (unpaired) electrons. The van der Waals surface area contributed by atoms with Crippen LogP contribution in [0.5, 0.6) is 6.01 Å². The highest BCUT2D eigenvalue weighted by Crippen LogP contribution is 2.34. The van der Waals surface area contributed by atoms with E-state index in [0.717, 1.165) is 24.4 Å². The molecule has 1 aliphatic rings. The highest BCUT2D eigenvalue weighted by atomic mass is 28.3. The minimum Gasteiger partial charge on any atom is -0.463 e. The van der Waals surface area contributed by atoms with Crippen LogP contribution in [0.1, 0.15) is 49.0 Å². The van der Waals surface area contributed by atoms with E-state index >= 15 is 0 Å². The molecule has 1 unspecified atom stereocenters. The summed E-state index contributed by atoms with van der Waals surface area (Å²) in [5.74, 6) is -2.36. The van der Waals surface area contributed by atoms with Crippen molar-refractivity contribution < 1.29 is 23.4 Å². The zero-order valence-corrected chi connectivity index (χ0v) is 24.4. The molecule has 2 aromatic heterocycles. The molecule has 8 nitrogen and oxygen atoms in total. The number of alkyl halides is 2. The minimum absolute atomic E-state index is 0.106. The average Bonchev–Trinajstić information content (AvgIpc) is 3.41. The summed E-state index contributed by atoms with van der Waals surface area (Å²) in [6.07, 6.45) is 2.56. The highest BCUT2D eigenvalue weighted by Gasteiger charge is 2.37. The zero-order valence-electron chi connectivity index (χ0n) is 23.4. The van der Waals surface area contributed by atoms with Gasteiger partial charge in [-0.05, 0) is 23.6 Å². The van der Waals surface area contributed by atoms with Crippen LogP contribution in [0.3, 0.4) is 0 Å². The molecule has 214 valence electrons. The Morgan fingerprint density at radius 3 is 2.54 bits per heavy atom. The molecule has 1 aliphatic heterocycles. The van der Waals surface area contributed by atoms with Crippen molar-refractivity contribution in [1.29, 1.82) is 0 Å². The molecule has 0 saturated carbocycles. The van der Waals surface area contributed by atoms with Crippen LogP contribution >= 0.6 is 0 Å². The van der Waals surface area contributed by atoms with E-state index in [-0.39, 0.29) is 31.5 Å². The van der Waals surface area contributed by atoms with E-state index in [4.69, 9.17) is 15.2 Å². The van der Waals surface area contributed by atoms with Gasteiger partial charge in [-0.15, -0.1) is 0 Å². The maximum Gasteiger partial charge on any atom is 0.319 e. The van der Waals surface area contributed by atoms with Crippen LogP contribution in [-0.4, -0.2) is 64.8 Å². The van der Waals surface area contributed by atoms with Crippen LogP contribution in [0.25, 0.3) is 11.0 Å². The molecular weight excluding hydrogens is 520 g/mol. The van der Waals surface area contributed by atoms with Gasteiger partial charge in [-0.25, -0.2) is 8.78 Å².